The van der Waals surface area contributed by atoms with Gasteiger partial charge in [0.2, 0.25) is 5.95 Å². The van der Waals surface area contributed by atoms with E-state index < -0.39 is 35.0 Å². The largest absolute Gasteiger partial charge is 0.465 e. The van der Waals surface area contributed by atoms with E-state index in [2.05, 4.69) is 15.3 Å². The normalized spacial score (nSPS) is 17.6. The summed E-state index contributed by atoms with van der Waals surface area (Å²) in [6.07, 6.45) is -1.31. The van der Waals surface area contributed by atoms with E-state index in [4.69, 9.17) is 5.11 Å². The van der Waals surface area contributed by atoms with Crippen LogP contribution in [0.5, 0.6) is 0 Å². The van der Waals surface area contributed by atoms with Crippen LogP contribution in [0.2, 0.25) is 0 Å². The molecule has 1 unspecified atom stereocenters. The summed E-state index contributed by atoms with van der Waals surface area (Å²) in [6, 6.07) is 14.1. The summed E-state index contributed by atoms with van der Waals surface area (Å²) in [4.78, 5) is 31.8. The number of benzene rings is 3. The number of hydrogen-bond donors (Lipinski definition) is 4. The topological polar surface area (TPSA) is 119 Å². The van der Waals surface area contributed by atoms with E-state index in [9.17, 15) is 23.5 Å². The van der Waals surface area contributed by atoms with Crippen LogP contribution in [0.25, 0.3) is 11.0 Å². The quantitative estimate of drug-likeness (QED) is 0.390. The molecule has 4 aromatic rings. The number of rotatable bonds is 3. The van der Waals surface area contributed by atoms with Crippen molar-refractivity contribution in [3.8, 4) is 0 Å². The van der Waals surface area contributed by atoms with Crippen LogP contribution in [-0.2, 0) is 5.72 Å². The number of hydrogen-bond acceptors (Lipinski definition) is 4. The lowest BCUT2D eigenvalue weighted by molar-refractivity contribution is 0.0698. The van der Waals surface area contributed by atoms with Crippen molar-refractivity contribution in [3.05, 3.63) is 89.0 Å². The van der Waals surface area contributed by atoms with Gasteiger partial charge in [-0.2, -0.15) is 0 Å². The first-order chi connectivity index (χ1) is 15.3. The summed E-state index contributed by atoms with van der Waals surface area (Å²) < 4.78 is 28.7. The number of aromatic nitrogens is 2. The van der Waals surface area contributed by atoms with Crippen molar-refractivity contribution in [2.45, 2.75) is 5.72 Å². The first-order valence-corrected chi connectivity index (χ1v) is 9.41. The monoisotopic (exact) mass is 436 g/mol. The van der Waals surface area contributed by atoms with Crippen molar-refractivity contribution in [2.75, 3.05) is 10.2 Å². The van der Waals surface area contributed by atoms with Crippen LogP contribution in [0.15, 0.2) is 60.7 Å². The zero-order valence-corrected chi connectivity index (χ0v) is 16.1. The number of nitrogens with zero attached hydrogens (tertiary/aromatic N) is 2. The zero-order chi connectivity index (χ0) is 22.6. The van der Waals surface area contributed by atoms with Crippen molar-refractivity contribution >= 4 is 34.7 Å². The summed E-state index contributed by atoms with van der Waals surface area (Å²) in [5, 5.41) is 22.9. The van der Waals surface area contributed by atoms with E-state index in [0.717, 1.165) is 11.0 Å². The maximum atomic E-state index is 14.7. The number of halogens is 2. The standard InChI is InChI=1S/C22H14F2N4O4/c23-14-6-3-7-17(18(14)24)28-19(29)12-4-1-2-5-13(12)22(28,32)11-8-9-15-16(10-11)26-20(25-15)27-21(30)31/h1-10,32H,(H,30,31)(H2,25,26,27). The van der Waals surface area contributed by atoms with Gasteiger partial charge in [-0.15, -0.1) is 0 Å². The maximum absolute atomic E-state index is 14.7. The molecular weight excluding hydrogens is 422 g/mol. The van der Waals surface area contributed by atoms with Crippen molar-refractivity contribution < 1.29 is 28.6 Å². The lowest BCUT2D eigenvalue weighted by Gasteiger charge is -2.35. The molecule has 10 heteroatoms. The van der Waals surface area contributed by atoms with E-state index in [1.807, 2.05) is 0 Å². The highest BCUT2D eigenvalue weighted by Gasteiger charge is 2.51. The third-order valence-electron chi connectivity index (χ3n) is 5.34. The van der Waals surface area contributed by atoms with Gasteiger partial charge in [-0.1, -0.05) is 30.3 Å². The maximum Gasteiger partial charge on any atom is 0.411 e. The lowest BCUT2D eigenvalue weighted by atomic mass is 9.93. The number of carbonyl (C=O) groups is 2. The van der Waals surface area contributed by atoms with Crippen LogP contribution in [0, 0.1) is 11.6 Å². The molecule has 0 radical (unpaired) electrons. The molecular formula is C22H14F2N4O4. The minimum absolute atomic E-state index is 0.0347. The molecule has 5 rings (SSSR count). The molecule has 8 nitrogen and oxygen atoms in total. The molecule has 3 aromatic carbocycles. The van der Waals surface area contributed by atoms with Crippen LogP contribution in [0.4, 0.5) is 25.2 Å². The van der Waals surface area contributed by atoms with E-state index in [0.29, 0.717) is 5.52 Å². The van der Waals surface area contributed by atoms with Gasteiger partial charge in [0, 0.05) is 16.7 Å². The van der Waals surface area contributed by atoms with E-state index in [1.165, 1.54) is 42.5 Å². The van der Waals surface area contributed by atoms with Gasteiger partial charge in [0.25, 0.3) is 5.91 Å². The Morgan fingerprint density at radius 3 is 2.66 bits per heavy atom. The molecule has 0 aliphatic carbocycles. The second-order valence-electron chi connectivity index (χ2n) is 7.18. The van der Waals surface area contributed by atoms with Crippen molar-refractivity contribution in [3.63, 3.8) is 0 Å². The molecule has 0 fully saturated rings. The average Bonchev–Trinajstić information content (AvgIpc) is 3.26. The first kappa shape index (κ1) is 19.6. The number of imidazole rings is 1. The summed E-state index contributed by atoms with van der Waals surface area (Å²) in [5.41, 5.74) is -1.38. The molecule has 2 heterocycles. The van der Waals surface area contributed by atoms with Gasteiger partial charge in [-0.3, -0.25) is 15.0 Å². The van der Waals surface area contributed by atoms with Gasteiger partial charge < -0.3 is 15.2 Å². The van der Waals surface area contributed by atoms with Gasteiger partial charge in [0.1, 0.15) is 0 Å². The van der Waals surface area contributed by atoms with Crippen molar-refractivity contribution in [1.82, 2.24) is 9.97 Å². The predicted molar refractivity (Wildman–Crippen MR) is 110 cm³/mol. The third kappa shape index (κ3) is 2.73. The van der Waals surface area contributed by atoms with Gasteiger partial charge in [0.15, 0.2) is 17.4 Å². The number of carbonyl (C=O) groups excluding carboxylic acids is 1. The molecule has 2 amide bonds. The molecule has 0 spiro atoms. The Balaban J connectivity index is 1.74. The summed E-state index contributed by atoms with van der Waals surface area (Å²) in [5.74, 6) is -3.18. The Labute approximate surface area is 178 Å². The number of carboxylic acid groups (broad SMARTS) is 1. The molecule has 1 aliphatic rings. The number of anilines is 2. The highest BCUT2D eigenvalue weighted by molar-refractivity contribution is 6.12. The van der Waals surface area contributed by atoms with E-state index in [-0.39, 0.29) is 28.2 Å². The molecule has 0 saturated heterocycles. The number of H-pyrrole nitrogens is 1. The summed E-state index contributed by atoms with van der Waals surface area (Å²) in [7, 11) is 0. The second kappa shape index (κ2) is 6.86. The molecule has 1 aromatic heterocycles. The summed E-state index contributed by atoms with van der Waals surface area (Å²) in [6.45, 7) is 0. The molecule has 32 heavy (non-hydrogen) atoms. The Hall–Kier alpha value is -4.31. The molecule has 4 N–H and O–H groups in total. The van der Waals surface area contributed by atoms with Crippen LogP contribution in [-0.4, -0.2) is 32.2 Å². The van der Waals surface area contributed by atoms with Gasteiger partial charge in [-0.05, 0) is 30.3 Å². The average molecular weight is 436 g/mol. The Morgan fingerprint density at radius 2 is 1.88 bits per heavy atom. The van der Waals surface area contributed by atoms with Gasteiger partial charge >= 0.3 is 6.09 Å². The fraction of sp³-hybridized carbons (Fsp3) is 0.0455. The number of nitrogens with one attached hydrogen (secondary N) is 2. The molecule has 0 bridgehead atoms. The Kier molecular flexibility index (Phi) is 4.21. The predicted octanol–water partition coefficient (Wildman–Crippen LogP) is 3.78. The lowest BCUT2D eigenvalue weighted by Crippen LogP contribution is -2.45. The molecule has 1 atom stereocenters. The zero-order valence-electron chi connectivity index (χ0n) is 16.1. The van der Waals surface area contributed by atoms with Gasteiger partial charge in [0.05, 0.1) is 16.7 Å². The highest BCUT2D eigenvalue weighted by atomic mass is 19.2. The minimum Gasteiger partial charge on any atom is -0.465 e. The van der Waals surface area contributed by atoms with Crippen LogP contribution in [0.1, 0.15) is 21.5 Å². The number of amides is 2. The number of aromatic amines is 1. The SMILES string of the molecule is O=C(O)Nc1nc2cc(C3(O)c4ccccc4C(=O)N3c3cccc(F)c3F)ccc2[nH]1. The van der Waals surface area contributed by atoms with E-state index >= 15 is 0 Å². The minimum atomic E-state index is -2.17. The number of aliphatic hydroxyl groups is 1. The highest BCUT2D eigenvalue weighted by Crippen LogP contribution is 2.46. The first-order valence-electron chi connectivity index (χ1n) is 9.41. The smallest absolute Gasteiger partial charge is 0.411 e. The molecule has 160 valence electrons. The fourth-order valence-electron chi connectivity index (χ4n) is 3.98. The van der Waals surface area contributed by atoms with Crippen molar-refractivity contribution in [2.24, 2.45) is 0 Å². The van der Waals surface area contributed by atoms with Crippen LogP contribution in [0.3, 0.4) is 0 Å². The molecule has 0 saturated carbocycles. The van der Waals surface area contributed by atoms with Gasteiger partial charge in [-0.25, -0.2) is 18.6 Å². The Bertz CT molecular complexity index is 1420. The number of fused-ring (bicyclic) bond motifs is 2. The summed E-state index contributed by atoms with van der Waals surface area (Å²) >= 11 is 0. The second-order valence-corrected chi connectivity index (χ2v) is 7.18. The van der Waals surface area contributed by atoms with Crippen LogP contribution < -0.4 is 10.2 Å². The third-order valence-corrected chi connectivity index (χ3v) is 5.34. The Morgan fingerprint density at radius 1 is 1.09 bits per heavy atom. The fourth-order valence-corrected chi connectivity index (χ4v) is 3.98. The van der Waals surface area contributed by atoms with Crippen LogP contribution >= 0.6 is 0 Å². The van der Waals surface area contributed by atoms with Crippen molar-refractivity contribution in [1.29, 1.82) is 0 Å². The molecule has 1 aliphatic heterocycles. The van der Waals surface area contributed by atoms with E-state index in [1.54, 1.807) is 12.1 Å².